The van der Waals surface area contributed by atoms with E-state index in [2.05, 4.69) is 15.7 Å². The zero-order valence-electron chi connectivity index (χ0n) is 14.1. The van der Waals surface area contributed by atoms with Crippen LogP contribution in [0.3, 0.4) is 0 Å². The average molecular weight is 330 g/mol. The number of carbonyl (C=O) groups excluding carboxylic acids is 1. The highest BCUT2D eigenvalue weighted by Gasteiger charge is 2.23. The van der Waals surface area contributed by atoms with Gasteiger partial charge in [0.1, 0.15) is 5.82 Å². The summed E-state index contributed by atoms with van der Waals surface area (Å²) in [5.41, 5.74) is 2.17. The largest absolute Gasteiger partial charge is 0.348 e. The topological polar surface area (TPSA) is 59.0 Å². The summed E-state index contributed by atoms with van der Waals surface area (Å²) in [6, 6.07) is 6.28. The first kappa shape index (κ1) is 16.6. The average Bonchev–Trinajstić information content (AvgIpc) is 3.02. The molecule has 0 aliphatic carbocycles. The molecule has 3 rings (SSSR count). The number of rotatable bonds is 4. The molecule has 1 fully saturated rings. The molecule has 0 spiro atoms. The first-order chi connectivity index (χ1) is 11.6. The molecule has 1 aromatic carbocycles. The second-order valence-corrected chi connectivity index (χ2v) is 6.50. The van der Waals surface area contributed by atoms with Crippen molar-refractivity contribution in [1.29, 1.82) is 0 Å². The molecule has 0 radical (unpaired) electrons. The number of carbonyl (C=O) groups is 1. The summed E-state index contributed by atoms with van der Waals surface area (Å²) in [4.78, 5) is 12.7. The normalized spacial score (nSPS) is 17.9. The summed E-state index contributed by atoms with van der Waals surface area (Å²) in [6.07, 6.45) is 3.66. The fourth-order valence-corrected chi connectivity index (χ4v) is 3.11. The van der Waals surface area contributed by atoms with Gasteiger partial charge in [0.15, 0.2) is 0 Å². The third-order valence-electron chi connectivity index (χ3n) is 4.30. The molecule has 2 heterocycles. The molecular formula is C18H23FN4O. The summed E-state index contributed by atoms with van der Waals surface area (Å²) in [5.74, 6) is -0.275. The molecule has 5 nitrogen and oxygen atoms in total. The number of nitrogens with one attached hydrogen (secondary N) is 2. The first-order valence-corrected chi connectivity index (χ1v) is 8.41. The lowest BCUT2D eigenvalue weighted by molar-refractivity contribution is 0.0929. The van der Waals surface area contributed by atoms with Crippen LogP contribution in [0.25, 0.3) is 5.69 Å². The number of piperidine rings is 1. The predicted molar refractivity (Wildman–Crippen MR) is 91.0 cm³/mol. The van der Waals surface area contributed by atoms with Gasteiger partial charge in [-0.25, -0.2) is 9.07 Å². The standard InChI is InChI=1S/C18H23FN4O/c1-12(2)17-16(18(24)22-14-4-3-9-20-10-14)11-21-23(17)15-7-5-13(19)6-8-15/h5-8,11-12,14,20H,3-4,9-10H2,1-2H3,(H,22,24). The second-order valence-electron chi connectivity index (χ2n) is 6.50. The van der Waals surface area contributed by atoms with Crippen LogP contribution in [0.1, 0.15) is 48.7 Å². The third kappa shape index (κ3) is 3.48. The van der Waals surface area contributed by atoms with Crippen molar-refractivity contribution in [1.82, 2.24) is 20.4 Å². The maximum Gasteiger partial charge on any atom is 0.255 e. The molecular weight excluding hydrogens is 307 g/mol. The molecule has 1 aliphatic rings. The van der Waals surface area contributed by atoms with Gasteiger partial charge in [-0.1, -0.05) is 13.8 Å². The number of aromatic nitrogens is 2. The van der Waals surface area contributed by atoms with Gasteiger partial charge in [-0.3, -0.25) is 4.79 Å². The van der Waals surface area contributed by atoms with Crippen LogP contribution in [0.5, 0.6) is 0 Å². The Bertz CT molecular complexity index is 702. The molecule has 1 saturated heterocycles. The van der Waals surface area contributed by atoms with Gasteiger partial charge in [0, 0.05) is 12.6 Å². The maximum atomic E-state index is 13.2. The Labute approximate surface area is 141 Å². The molecule has 6 heteroatoms. The van der Waals surface area contributed by atoms with E-state index in [-0.39, 0.29) is 23.7 Å². The maximum absolute atomic E-state index is 13.2. The minimum Gasteiger partial charge on any atom is -0.348 e. The van der Waals surface area contributed by atoms with Crippen molar-refractivity contribution in [2.75, 3.05) is 13.1 Å². The first-order valence-electron chi connectivity index (χ1n) is 8.41. The Morgan fingerprint density at radius 3 is 2.75 bits per heavy atom. The molecule has 128 valence electrons. The van der Waals surface area contributed by atoms with Crippen molar-refractivity contribution in [3.8, 4) is 5.69 Å². The van der Waals surface area contributed by atoms with Gasteiger partial charge < -0.3 is 10.6 Å². The van der Waals surface area contributed by atoms with E-state index in [1.807, 2.05) is 13.8 Å². The van der Waals surface area contributed by atoms with E-state index in [1.54, 1.807) is 23.0 Å². The van der Waals surface area contributed by atoms with E-state index in [4.69, 9.17) is 0 Å². The van der Waals surface area contributed by atoms with Gasteiger partial charge in [-0.15, -0.1) is 0 Å². The Morgan fingerprint density at radius 2 is 2.12 bits per heavy atom. The van der Waals surface area contributed by atoms with Gasteiger partial charge in [0.25, 0.3) is 5.91 Å². The summed E-state index contributed by atoms with van der Waals surface area (Å²) in [7, 11) is 0. The predicted octanol–water partition coefficient (Wildman–Crippen LogP) is 2.62. The highest BCUT2D eigenvalue weighted by molar-refractivity contribution is 5.95. The molecule has 2 aromatic rings. The molecule has 24 heavy (non-hydrogen) atoms. The smallest absolute Gasteiger partial charge is 0.255 e. The number of hydrogen-bond acceptors (Lipinski definition) is 3. The lowest BCUT2D eigenvalue weighted by Crippen LogP contribution is -2.45. The molecule has 0 saturated carbocycles. The minimum absolute atomic E-state index is 0.0965. The van der Waals surface area contributed by atoms with Gasteiger partial charge in [-0.2, -0.15) is 5.10 Å². The van der Waals surface area contributed by atoms with Crippen LogP contribution in [0.15, 0.2) is 30.5 Å². The van der Waals surface area contributed by atoms with Crippen molar-refractivity contribution >= 4 is 5.91 Å². The minimum atomic E-state index is -0.292. The van der Waals surface area contributed by atoms with Crippen molar-refractivity contribution in [2.45, 2.75) is 38.6 Å². The van der Waals surface area contributed by atoms with Crippen LogP contribution < -0.4 is 10.6 Å². The van der Waals surface area contributed by atoms with E-state index >= 15 is 0 Å². The number of halogens is 1. The SMILES string of the molecule is CC(C)c1c(C(=O)NC2CCCNC2)cnn1-c1ccc(F)cc1. The molecule has 1 aliphatic heterocycles. The van der Waals surface area contributed by atoms with Crippen molar-refractivity contribution in [3.05, 3.63) is 47.5 Å². The third-order valence-corrected chi connectivity index (χ3v) is 4.30. The summed E-state index contributed by atoms with van der Waals surface area (Å²) >= 11 is 0. The molecule has 1 aromatic heterocycles. The van der Waals surface area contributed by atoms with E-state index in [0.717, 1.165) is 37.3 Å². The van der Waals surface area contributed by atoms with Gasteiger partial charge in [0.2, 0.25) is 0 Å². The molecule has 1 amide bonds. The van der Waals surface area contributed by atoms with Gasteiger partial charge in [0.05, 0.1) is 23.1 Å². The molecule has 1 atom stereocenters. The van der Waals surface area contributed by atoms with Gasteiger partial charge in [-0.05, 0) is 49.6 Å². The molecule has 1 unspecified atom stereocenters. The summed E-state index contributed by atoms with van der Waals surface area (Å²) < 4.78 is 14.9. The van der Waals surface area contributed by atoms with Crippen molar-refractivity contribution < 1.29 is 9.18 Å². The van der Waals surface area contributed by atoms with E-state index in [1.165, 1.54) is 12.1 Å². The van der Waals surface area contributed by atoms with Gasteiger partial charge >= 0.3 is 0 Å². The lowest BCUT2D eigenvalue weighted by atomic mass is 10.0. The van der Waals surface area contributed by atoms with Crippen molar-refractivity contribution in [3.63, 3.8) is 0 Å². The van der Waals surface area contributed by atoms with E-state index in [9.17, 15) is 9.18 Å². The zero-order valence-corrected chi connectivity index (χ0v) is 14.1. The number of nitrogens with zero attached hydrogens (tertiary/aromatic N) is 2. The van der Waals surface area contributed by atoms with Crippen LogP contribution in [-0.2, 0) is 0 Å². The summed E-state index contributed by atoms with van der Waals surface area (Å²) in [5, 5.41) is 10.8. The van der Waals surface area contributed by atoms with Crippen LogP contribution in [0.2, 0.25) is 0 Å². The fraction of sp³-hybridized carbons (Fsp3) is 0.444. The Morgan fingerprint density at radius 1 is 1.38 bits per heavy atom. The molecule has 0 bridgehead atoms. The number of benzene rings is 1. The van der Waals surface area contributed by atoms with Crippen molar-refractivity contribution in [2.24, 2.45) is 0 Å². The monoisotopic (exact) mass is 330 g/mol. The Balaban J connectivity index is 1.88. The number of amides is 1. The highest BCUT2D eigenvalue weighted by Crippen LogP contribution is 2.23. The quantitative estimate of drug-likeness (QED) is 0.906. The molecule has 2 N–H and O–H groups in total. The van der Waals surface area contributed by atoms with Crippen LogP contribution >= 0.6 is 0 Å². The Hall–Kier alpha value is -2.21. The number of hydrogen-bond donors (Lipinski definition) is 2. The second kappa shape index (κ2) is 7.13. The van der Waals surface area contributed by atoms with Crippen LogP contribution in [0, 0.1) is 5.82 Å². The van der Waals surface area contributed by atoms with E-state index in [0.29, 0.717) is 5.56 Å². The van der Waals surface area contributed by atoms with E-state index < -0.39 is 0 Å². The lowest BCUT2D eigenvalue weighted by Gasteiger charge is -2.24. The highest BCUT2D eigenvalue weighted by atomic mass is 19.1. The van der Waals surface area contributed by atoms with Crippen LogP contribution in [0.4, 0.5) is 4.39 Å². The van der Waals surface area contributed by atoms with Crippen LogP contribution in [-0.4, -0.2) is 34.8 Å². The Kier molecular flexibility index (Phi) is 4.94. The fourth-order valence-electron chi connectivity index (χ4n) is 3.11. The zero-order chi connectivity index (χ0) is 17.1. The summed E-state index contributed by atoms with van der Waals surface area (Å²) in [6.45, 7) is 5.85.